The van der Waals surface area contributed by atoms with Crippen molar-refractivity contribution in [3.8, 4) is 0 Å². The smallest absolute Gasteiger partial charge is 0.245 e. The summed E-state index contributed by atoms with van der Waals surface area (Å²) in [4.78, 5) is 26.1. The van der Waals surface area contributed by atoms with Crippen LogP contribution in [0.4, 0.5) is 0 Å². The van der Waals surface area contributed by atoms with Crippen molar-refractivity contribution in [3.63, 3.8) is 0 Å². The van der Waals surface area contributed by atoms with E-state index >= 15 is 0 Å². The van der Waals surface area contributed by atoms with Crippen LogP contribution < -0.4 is 5.32 Å². The van der Waals surface area contributed by atoms with Gasteiger partial charge in [0.15, 0.2) is 0 Å². The fourth-order valence-electron chi connectivity index (χ4n) is 2.33. The molecule has 1 aromatic heterocycles. The van der Waals surface area contributed by atoms with Crippen LogP contribution >= 0.6 is 0 Å². The van der Waals surface area contributed by atoms with Gasteiger partial charge in [-0.1, -0.05) is 20.8 Å². The van der Waals surface area contributed by atoms with Crippen LogP contribution in [0.25, 0.3) is 0 Å². The molecule has 5 heteroatoms. The van der Waals surface area contributed by atoms with E-state index in [9.17, 15) is 9.59 Å². The molecule has 1 unspecified atom stereocenters. The van der Waals surface area contributed by atoms with Crippen LogP contribution in [0.5, 0.6) is 0 Å². The molecule has 2 rings (SSSR count). The highest BCUT2D eigenvalue weighted by Crippen LogP contribution is 2.23. The molecule has 1 aliphatic rings. The first-order valence-electron chi connectivity index (χ1n) is 6.98. The maximum atomic E-state index is 12.6. The molecule has 0 radical (unpaired) electrons. The summed E-state index contributed by atoms with van der Waals surface area (Å²) in [7, 11) is 0. The van der Waals surface area contributed by atoms with Gasteiger partial charge in [-0.15, -0.1) is 0 Å². The van der Waals surface area contributed by atoms with E-state index in [0.29, 0.717) is 25.9 Å². The van der Waals surface area contributed by atoms with Crippen molar-refractivity contribution in [2.24, 2.45) is 5.41 Å². The first-order chi connectivity index (χ1) is 9.38. The SMILES string of the molecule is CC(C)(C)C1NC(=O)CCN(CCc2ccco2)C1=O. The molecule has 0 spiro atoms. The predicted molar refractivity (Wildman–Crippen MR) is 75.0 cm³/mol. The van der Waals surface area contributed by atoms with Crippen LogP contribution in [0.3, 0.4) is 0 Å². The Morgan fingerprint density at radius 2 is 2.15 bits per heavy atom. The highest BCUT2D eigenvalue weighted by molar-refractivity contribution is 5.90. The maximum Gasteiger partial charge on any atom is 0.245 e. The number of amides is 2. The molecular formula is C15H22N2O3. The second-order valence-corrected chi connectivity index (χ2v) is 6.27. The largest absolute Gasteiger partial charge is 0.469 e. The number of nitrogens with one attached hydrogen (secondary N) is 1. The van der Waals surface area contributed by atoms with Gasteiger partial charge in [0.1, 0.15) is 11.8 Å². The number of rotatable bonds is 3. The second-order valence-electron chi connectivity index (χ2n) is 6.27. The predicted octanol–water partition coefficient (Wildman–Crippen LogP) is 1.59. The fraction of sp³-hybridized carbons (Fsp3) is 0.600. The summed E-state index contributed by atoms with van der Waals surface area (Å²) in [6.45, 7) is 6.94. The van der Waals surface area contributed by atoms with Gasteiger partial charge in [-0.05, 0) is 17.5 Å². The molecule has 5 nitrogen and oxygen atoms in total. The van der Waals surface area contributed by atoms with Gasteiger partial charge in [-0.25, -0.2) is 0 Å². The number of carbonyl (C=O) groups is 2. The Hall–Kier alpha value is -1.78. The maximum absolute atomic E-state index is 12.6. The van der Waals surface area contributed by atoms with Crippen molar-refractivity contribution >= 4 is 11.8 Å². The Balaban J connectivity index is 2.07. The van der Waals surface area contributed by atoms with Crippen LogP contribution in [-0.4, -0.2) is 35.8 Å². The average molecular weight is 278 g/mol. The summed E-state index contributed by atoms with van der Waals surface area (Å²) in [5.74, 6) is 0.794. The summed E-state index contributed by atoms with van der Waals surface area (Å²) < 4.78 is 5.29. The molecule has 2 heterocycles. The first kappa shape index (κ1) is 14.6. The van der Waals surface area contributed by atoms with Gasteiger partial charge >= 0.3 is 0 Å². The average Bonchev–Trinajstić information content (AvgIpc) is 2.82. The van der Waals surface area contributed by atoms with E-state index in [-0.39, 0.29) is 17.2 Å². The third-order valence-electron chi connectivity index (χ3n) is 3.55. The van der Waals surface area contributed by atoms with Crippen molar-refractivity contribution in [2.75, 3.05) is 13.1 Å². The van der Waals surface area contributed by atoms with E-state index in [1.807, 2.05) is 32.9 Å². The minimum atomic E-state index is -0.464. The summed E-state index contributed by atoms with van der Waals surface area (Å²) in [6.07, 6.45) is 2.66. The Labute approximate surface area is 119 Å². The van der Waals surface area contributed by atoms with Crippen molar-refractivity contribution in [2.45, 2.75) is 39.7 Å². The van der Waals surface area contributed by atoms with E-state index in [1.165, 1.54) is 0 Å². The van der Waals surface area contributed by atoms with E-state index in [0.717, 1.165) is 5.76 Å². The van der Waals surface area contributed by atoms with Crippen molar-refractivity contribution < 1.29 is 14.0 Å². The molecule has 0 aliphatic carbocycles. The van der Waals surface area contributed by atoms with Crippen LogP contribution in [-0.2, 0) is 16.0 Å². The summed E-state index contributed by atoms with van der Waals surface area (Å²) in [5, 5.41) is 2.84. The normalized spacial score (nSPS) is 20.8. The van der Waals surface area contributed by atoms with Gasteiger partial charge < -0.3 is 14.6 Å². The van der Waals surface area contributed by atoms with E-state index < -0.39 is 6.04 Å². The molecule has 1 atom stereocenters. The minimum absolute atomic E-state index is 0.00472. The van der Waals surface area contributed by atoms with Crippen molar-refractivity contribution in [1.82, 2.24) is 10.2 Å². The van der Waals surface area contributed by atoms with Crippen LogP contribution in [0.2, 0.25) is 0 Å². The quantitative estimate of drug-likeness (QED) is 0.913. The zero-order valence-corrected chi connectivity index (χ0v) is 12.3. The van der Waals surface area contributed by atoms with Gasteiger partial charge in [0.25, 0.3) is 0 Å². The number of furan rings is 1. The standard InChI is InChI=1S/C15H22N2O3/c1-15(2,3)13-14(19)17(9-7-12(18)16-13)8-6-11-5-4-10-20-11/h4-5,10,13H,6-9H2,1-3H3,(H,16,18). The van der Waals surface area contributed by atoms with Gasteiger partial charge in [-0.3, -0.25) is 9.59 Å². The minimum Gasteiger partial charge on any atom is -0.469 e. The molecule has 1 saturated heterocycles. The monoisotopic (exact) mass is 278 g/mol. The third-order valence-corrected chi connectivity index (χ3v) is 3.55. The molecule has 1 fully saturated rings. The Bertz CT molecular complexity index is 474. The highest BCUT2D eigenvalue weighted by Gasteiger charge is 2.37. The Morgan fingerprint density at radius 1 is 1.40 bits per heavy atom. The molecular weight excluding hydrogens is 256 g/mol. The Morgan fingerprint density at radius 3 is 2.75 bits per heavy atom. The van der Waals surface area contributed by atoms with Gasteiger partial charge in [-0.2, -0.15) is 0 Å². The summed E-state index contributed by atoms with van der Waals surface area (Å²) >= 11 is 0. The number of carbonyl (C=O) groups excluding carboxylic acids is 2. The topological polar surface area (TPSA) is 62.6 Å². The van der Waals surface area contributed by atoms with Crippen LogP contribution in [0.15, 0.2) is 22.8 Å². The molecule has 1 aromatic rings. The number of hydrogen-bond acceptors (Lipinski definition) is 3. The lowest BCUT2D eigenvalue weighted by molar-refractivity contribution is -0.136. The lowest BCUT2D eigenvalue weighted by atomic mass is 9.86. The van der Waals surface area contributed by atoms with Gasteiger partial charge in [0.05, 0.1) is 6.26 Å². The van der Waals surface area contributed by atoms with Crippen molar-refractivity contribution in [3.05, 3.63) is 24.2 Å². The van der Waals surface area contributed by atoms with E-state index in [1.54, 1.807) is 11.2 Å². The molecule has 1 N–H and O–H groups in total. The van der Waals surface area contributed by atoms with Crippen LogP contribution in [0.1, 0.15) is 33.0 Å². The molecule has 1 aliphatic heterocycles. The van der Waals surface area contributed by atoms with Gasteiger partial charge in [0.2, 0.25) is 11.8 Å². The number of nitrogens with zero attached hydrogens (tertiary/aromatic N) is 1. The number of hydrogen-bond donors (Lipinski definition) is 1. The molecule has 0 aromatic carbocycles. The fourth-order valence-corrected chi connectivity index (χ4v) is 2.33. The summed E-state index contributed by atoms with van der Waals surface area (Å²) in [6, 6.07) is 3.27. The van der Waals surface area contributed by atoms with E-state index in [4.69, 9.17) is 4.42 Å². The van der Waals surface area contributed by atoms with Crippen molar-refractivity contribution in [1.29, 1.82) is 0 Å². The van der Waals surface area contributed by atoms with E-state index in [2.05, 4.69) is 5.32 Å². The Kier molecular flexibility index (Phi) is 4.16. The summed E-state index contributed by atoms with van der Waals surface area (Å²) in [5.41, 5.74) is -0.292. The first-order valence-corrected chi connectivity index (χ1v) is 6.98. The lowest BCUT2D eigenvalue weighted by Crippen LogP contribution is -2.52. The zero-order valence-electron chi connectivity index (χ0n) is 12.3. The highest BCUT2D eigenvalue weighted by atomic mass is 16.3. The van der Waals surface area contributed by atoms with Crippen LogP contribution in [0, 0.1) is 5.41 Å². The lowest BCUT2D eigenvalue weighted by Gasteiger charge is -2.32. The molecule has 0 bridgehead atoms. The zero-order chi connectivity index (χ0) is 14.8. The molecule has 110 valence electrons. The molecule has 2 amide bonds. The van der Waals surface area contributed by atoms with Gasteiger partial charge in [0, 0.05) is 25.9 Å². The third kappa shape index (κ3) is 3.40. The molecule has 20 heavy (non-hydrogen) atoms. The molecule has 0 saturated carbocycles. The second kappa shape index (κ2) is 5.69.